The van der Waals surface area contributed by atoms with E-state index in [1.807, 2.05) is 0 Å². The van der Waals surface area contributed by atoms with Gasteiger partial charge in [-0.2, -0.15) is 0 Å². The highest BCUT2D eigenvalue weighted by atomic mass is 16.5. The van der Waals surface area contributed by atoms with Crippen LogP contribution < -0.4 is 5.73 Å². The Morgan fingerprint density at radius 1 is 0.429 bits per heavy atom. The van der Waals surface area contributed by atoms with Crippen LogP contribution in [0.1, 0.15) is 232 Å². The quantitative estimate of drug-likeness (QED) is 0.0276. The summed E-state index contributed by atoms with van der Waals surface area (Å²) in [5.41, 5.74) is 6.00. The molecule has 0 heterocycles. The second-order valence-electron chi connectivity index (χ2n) is 15.3. The molecule has 0 aliphatic rings. The monoisotopic (exact) mass is 700 g/mol. The van der Waals surface area contributed by atoms with E-state index in [4.69, 9.17) is 15.9 Å². The first-order valence-corrected chi connectivity index (χ1v) is 21.5. The molecule has 0 saturated carbocycles. The molecule has 0 aromatic heterocycles. The van der Waals surface area contributed by atoms with E-state index in [1.54, 1.807) is 0 Å². The summed E-state index contributed by atoms with van der Waals surface area (Å²) >= 11 is 0. The molecule has 0 fully saturated rings. The molecule has 0 spiro atoms. The summed E-state index contributed by atoms with van der Waals surface area (Å²) in [7, 11) is 0. The molecule has 0 amide bonds. The summed E-state index contributed by atoms with van der Waals surface area (Å²) in [5, 5.41) is 48.9. The molecule has 0 aromatic carbocycles. The maximum Gasteiger partial charge on any atom is 0.162 e. The third-order valence-electron chi connectivity index (χ3n) is 10.5. The summed E-state index contributed by atoms with van der Waals surface area (Å²) in [5.74, 6) is -0.326. The largest absolute Gasteiger partial charge is 0.390 e. The minimum Gasteiger partial charge on any atom is -0.390 e. The van der Waals surface area contributed by atoms with Crippen LogP contribution in [0.5, 0.6) is 0 Å². The van der Waals surface area contributed by atoms with Crippen molar-refractivity contribution in [3.05, 3.63) is 0 Å². The number of nitrogens with two attached hydrogens (primary N) is 1. The summed E-state index contributed by atoms with van der Waals surface area (Å²) in [6.07, 6.45) is 35.7. The van der Waals surface area contributed by atoms with Gasteiger partial charge in [0.05, 0.1) is 18.2 Å². The zero-order chi connectivity index (χ0) is 36.2. The SMILES string of the molecule is CCCCCCCCCCCCCC[C@@H](O)[C@@H](O)[C@@H](N)C(O)C(=O)CCCCCCCCCCCCCCCCCCCCCCC(O)O. The number of ketones is 1. The second kappa shape index (κ2) is 37.2. The number of rotatable bonds is 40. The first-order valence-electron chi connectivity index (χ1n) is 21.5. The van der Waals surface area contributed by atoms with E-state index in [2.05, 4.69) is 6.92 Å². The maximum absolute atomic E-state index is 12.5. The summed E-state index contributed by atoms with van der Waals surface area (Å²) in [6.45, 7) is 2.25. The van der Waals surface area contributed by atoms with Crippen molar-refractivity contribution in [1.82, 2.24) is 0 Å². The number of hydrogen-bond acceptors (Lipinski definition) is 7. The Morgan fingerprint density at radius 2 is 0.714 bits per heavy atom. The Hall–Kier alpha value is -0.570. The van der Waals surface area contributed by atoms with E-state index in [9.17, 15) is 20.1 Å². The number of aliphatic hydroxyl groups excluding tert-OH is 4. The van der Waals surface area contributed by atoms with Crippen molar-refractivity contribution in [2.45, 2.75) is 262 Å². The minimum atomic E-state index is -1.42. The molecule has 7 nitrogen and oxygen atoms in total. The van der Waals surface area contributed by atoms with Crippen molar-refractivity contribution in [2.75, 3.05) is 0 Å². The van der Waals surface area contributed by atoms with Crippen molar-refractivity contribution in [3.63, 3.8) is 0 Å². The van der Waals surface area contributed by atoms with Gasteiger partial charge < -0.3 is 31.3 Å². The van der Waals surface area contributed by atoms with Crippen molar-refractivity contribution in [3.8, 4) is 0 Å². The molecule has 1 unspecified atom stereocenters. The molecule has 4 atom stereocenters. The van der Waals surface area contributed by atoms with Gasteiger partial charge in [-0.05, 0) is 25.7 Å². The smallest absolute Gasteiger partial charge is 0.162 e. The number of unbranched alkanes of at least 4 members (excludes halogenated alkanes) is 30. The van der Waals surface area contributed by atoms with Crippen LogP contribution in [0.25, 0.3) is 0 Å². The van der Waals surface area contributed by atoms with Crippen molar-refractivity contribution < 1.29 is 30.3 Å². The highest BCUT2D eigenvalue weighted by molar-refractivity contribution is 5.83. The highest BCUT2D eigenvalue weighted by Gasteiger charge is 2.32. The van der Waals surface area contributed by atoms with Crippen LogP contribution in [-0.4, -0.2) is 62.0 Å². The topological polar surface area (TPSA) is 144 Å². The first-order chi connectivity index (χ1) is 23.8. The summed E-state index contributed by atoms with van der Waals surface area (Å²) in [4.78, 5) is 12.5. The number of carbonyl (C=O) groups excluding carboxylic acids is 1. The second-order valence-corrected chi connectivity index (χ2v) is 15.3. The van der Waals surface area contributed by atoms with E-state index < -0.39 is 30.6 Å². The zero-order valence-corrected chi connectivity index (χ0v) is 32.4. The minimum absolute atomic E-state index is 0.273. The lowest BCUT2D eigenvalue weighted by Gasteiger charge is -2.27. The Morgan fingerprint density at radius 3 is 1.04 bits per heavy atom. The molecule has 0 bridgehead atoms. The van der Waals surface area contributed by atoms with E-state index in [0.29, 0.717) is 12.8 Å². The molecule has 0 rings (SSSR count). The van der Waals surface area contributed by atoms with Gasteiger partial charge in [0.1, 0.15) is 6.10 Å². The molecule has 0 aliphatic carbocycles. The average molecular weight is 700 g/mol. The van der Waals surface area contributed by atoms with Gasteiger partial charge in [0.25, 0.3) is 0 Å². The van der Waals surface area contributed by atoms with Gasteiger partial charge in [-0.1, -0.05) is 200 Å². The Labute approximate surface area is 303 Å². The molecule has 49 heavy (non-hydrogen) atoms. The Bertz CT molecular complexity index is 678. The van der Waals surface area contributed by atoms with Crippen molar-refractivity contribution >= 4 is 5.78 Å². The molecule has 0 radical (unpaired) electrons. The predicted octanol–water partition coefficient (Wildman–Crippen LogP) is 9.95. The Balaban J connectivity index is 3.55. The Kier molecular flexibility index (Phi) is 36.8. The van der Waals surface area contributed by atoms with Crippen LogP contribution in [-0.2, 0) is 4.79 Å². The van der Waals surface area contributed by atoms with Crippen LogP contribution in [0.3, 0.4) is 0 Å². The first kappa shape index (κ1) is 48.4. The van der Waals surface area contributed by atoms with Crippen molar-refractivity contribution in [2.24, 2.45) is 5.73 Å². The van der Waals surface area contributed by atoms with Crippen LogP contribution in [0, 0.1) is 0 Å². The molecule has 0 saturated heterocycles. The summed E-state index contributed by atoms with van der Waals surface area (Å²) < 4.78 is 0. The van der Waals surface area contributed by atoms with Gasteiger partial charge in [-0.15, -0.1) is 0 Å². The molecule has 7 N–H and O–H groups in total. The van der Waals surface area contributed by atoms with Gasteiger partial charge in [0, 0.05) is 6.42 Å². The van der Waals surface area contributed by atoms with E-state index in [-0.39, 0.29) is 12.2 Å². The summed E-state index contributed by atoms with van der Waals surface area (Å²) in [6, 6.07) is -1.15. The number of aliphatic hydroxyl groups is 5. The van der Waals surface area contributed by atoms with Gasteiger partial charge in [-0.3, -0.25) is 4.79 Å². The fourth-order valence-electron chi connectivity index (χ4n) is 6.98. The lowest BCUT2D eigenvalue weighted by molar-refractivity contribution is -0.131. The molecule has 294 valence electrons. The maximum atomic E-state index is 12.5. The van der Waals surface area contributed by atoms with Crippen molar-refractivity contribution in [1.29, 1.82) is 0 Å². The molecule has 0 aliphatic heterocycles. The predicted molar refractivity (Wildman–Crippen MR) is 206 cm³/mol. The van der Waals surface area contributed by atoms with E-state index in [1.165, 1.54) is 154 Å². The third kappa shape index (κ3) is 33.0. The van der Waals surface area contributed by atoms with Gasteiger partial charge in [0.15, 0.2) is 12.1 Å². The van der Waals surface area contributed by atoms with Crippen LogP contribution in [0.15, 0.2) is 0 Å². The van der Waals surface area contributed by atoms with Gasteiger partial charge in [-0.25, -0.2) is 0 Å². The fraction of sp³-hybridized carbons (Fsp3) is 0.976. The average Bonchev–Trinajstić information content (AvgIpc) is 3.09. The van der Waals surface area contributed by atoms with Gasteiger partial charge in [0.2, 0.25) is 0 Å². The van der Waals surface area contributed by atoms with E-state index >= 15 is 0 Å². The number of hydrogen-bond donors (Lipinski definition) is 6. The number of carbonyl (C=O) groups is 1. The third-order valence-corrected chi connectivity index (χ3v) is 10.5. The van der Waals surface area contributed by atoms with E-state index in [0.717, 1.165) is 51.4 Å². The lowest BCUT2D eigenvalue weighted by atomic mass is 9.93. The normalized spacial score (nSPS) is 14.4. The van der Waals surface area contributed by atoms with Crippen LogP contribution in [0.2, 0.25) is 0 Å². The highest BCUT2D eigenvalue weighted by Crippen LogP contribution is 2.18. The standard InChI is InChI=1S/C42H85NO6/c1-2-3-4-5-6-7-8-19-22-25-28-31-34-37(44)41(48)40(43)42(49)38(45)35-32-29-26-23-20-17-15-13-11-9-10-12-14-16-18-21-24-27-30-33-36-39(46)47/h37,39-42,44,46-49H,2-36,43H2,1H3/t37-,40-,41-,42?/m1/s1. The number of Topliss-reactive ketones (excluding diaryl/α,β-unsaturated/α-hetero) is 1. The lowest BCUT2D eigenvalue weighted by Crippen LogP contribution is -2.52. The zero-order valence-electron chi connectivity index (χ0n) is 32.4. The molecule has 7 heteroatoms. The van der Waals surface area contributed by atoms with Gasteiger partial charge >= 0.3 is 0 Å². The molecular formula is C42H85NO6. The molecular weight excluding hydrogens is 614 g/mol. The van der Waals surface area contributed by atoms with Crippen LogP contribution >= 0.6 is 0 Å². The molecule has 0 aromatic rings. The van der Waals surface area contributed by atoms with Crippen LogP contribution in [0.4, 0.5) is 0 Å². The fourth-order valence-corrected chi connectivity index (χ4v) is 6.98.